The summed E-state index contributed by atoms with van der Waals surface area (Å²) in [7, 11) is 0. The minimum Gasteiger partial charge on any atom is -0.375 e. The van der Waals surface area contributed by atoms with Gasteiger partial charge in [0.1, 0.15) is 5.41 Å². The predicted octanol–water partition coefficient (Wildman–Crippen LogP) is 2.91. The monoisotopic (exact) mass is 411 g/mol. The van der Waals surface area contributed by atoms with Crippen LogP contribution in [0.3, 0.4) is 0 Å². The molecule has 4 unspecified atom stereocenters. The maximum Gasteiger partial charge on any atom is 0.241 e. The van der Waals surface area contributed by atoms with Gasteiger partial charge >= 0.3 is 0 Å². The Morgan fingerprint density at radius 2 is 1.90 bits per heavy atom. The van der Waals surface area contributed by atoms with E-state index in [0.717, 1.165) is 24.4 Å². The van der Waals surface area contributed by atoms with Gasteiger partial charge < -0.3 is 9.80 Å². The Kier molecular flexibility index (Phi) is 4.48. The topological polar surface area (TPSA) is 64.4 Å². The second kappa shape index (κ2) is 7.09. The number of nitriles is 1. The van der Waals surface area contributed by atoms with Crippen LogP contribution in [-0.2, 0) is 21.4 Å². The van der Waals surface area contributed by atoms with Gasteiger partial charge in [0.25, 0.3) is 0 Å². The van der Waals surface area contributed by atoms with Gasteiger partial charge in [-0.05, 0) is 36.6 Å². The van der Waals surface area contributed by atoms with Crippen molar-refractivity contribution < 1.29 is 9.59 Å². The molecular weight excluding hydrogens is 386 g/mol. The van der Waals surface area contributed by atoms with Gasteiger partial charge in [-0.3, -0.25) is 9.59 Å². The minimum absolute atomic E-state index is 0.0208. The molecule has 0 spiro atoms. The van der Waals surface area contributed by atoms with Crippen LogP contribution in [0.1, 0.15) is 23.6 Å². The lowest BCUT2D eigenvalue weighted by atomic mass is 9.70. The molecule has 3 heterocycles. The van der Waals surface area contributed by atoms with E-state index in [1.165, 1.54) is 0 Å². The van der Waals surface area contributed by atoms with Crippen LogP contribution in [0.5, 0.6) is 0 Å². The highest BCUT2D eigenvalue weighted by molar-refractivity contribution is 6.20. The van der Waals surface area contributed by atoms with E-state index in [1.54, 1.807) is 18.2 Å². The number of hydrogen-bond donors (Lipinski definition) is 0. The number of rotatable bonds is 4. The summed E-state index contributed by atoms with van der Waals surface area (Å²) in [5.41, 5.74) is 1.77. The summed E-state index contributed by atoms with van der Waals surface area (Å²) >= 11 is 0. The first-order chi connectivity index (χ1) is 15.0. The molecular formula is C26H25N3O2. The van der Waals surface area contributed by atoms with Crippen LogP contribution in [0.4, 0.5) is 0 Å². The summed E-state index contributed by atoms with van der Waals surface area (Å²) in [6.45, 7) is 8.28. The van der Waals surface area contributed by atoms with E-state index in [2.05, 4.69) is 17.5 Å². The van der Waals surface area contributed by atoms with E-state index < -0.39 is 11.5 Å². The SMILES string of the molecule is C=C(C)N1CC2CN3C(=O)C(Cc4ccccc4)(c4cccc(C#N)c4)C(=O)C3C2C1. The number of amides is 1. The average Bonchev–Trinajstić information content (AvgIpc) is 3.40. The van der Waals surface area contributed by atoms with Crippen molar-refractivity contribution in [1.82, 2.24) is 9.80 Å². The number of hydrogen-bond acceptors (Lipinski definition) is 4. The van der Waals surface area contributed by atoms with Gasteiger partial charge in [-0.1, -0.05) is 49.0 Å². The Balaban J connectivity index is 1.60. The van der Waals surface area contributed by atoms with E-state index in [9.17, 15) is 14.9 Å². The van der Waals surface area contributed by atoms with Crippen LogP contribution in [0.25, 0.3) is 0 Å². The number of benzene rings is 2. The number of ketones is 1. The largest absolute Gasteiger partial charge is 0.375 e. The van der Waals surface area contributed by atoms with Crippen LogP contribution in [0.2, 0.25) is 0 Å². The molecule has 5 nitrogen and oxygen atoms in total. The van der Waals surface area contributed by atoms with Crippen molar-refractivity contribution in [2.24, 2.45) is 11.8 Å². The standard InChI is InChI=1S/C26H25N3O2/c1-17(2)28-14-20-15-29-23(22(20)16-28)24(30)26(25(29)31,12-18-7-4-3-5-8-18)21-10-6-9-19(11-21)13-27/h3-11,20,22-23H,1,12,14-16H2,2H3. The number of nitrogens with zero attached hydrogens (tertiary/aromatic N) is 3. The van der Waals surface area contributed by atoms with E-state index in [1.807, 2.05) is 48.2 Å². The lowest BCUT2D eigenvalue weighted by molar-refractivity contribution is -0.134. The summed E-state index contributed by atoms with van der Waals surface area (Å²) in [6.07, 6.45) is 0.314. The molecule has 4 atom stereocenters. The molecule has 0 aliphatic carbocycles. The molecule has 3 aliphatic rings. The van der Waals surface area contributed by atoms with Gasteiger partial charge in [-0.15, -0.1) is 0 Å². The van der Waals surface area contributed by atoms with Crippen molar-refractivity contribution in [2.45, 2.75) is 24.8 Å². The highest BCUT2D eigenvalue weighted by Crippen LogP contribution is 2.49. The molecule has 5 rings (SSSR count). The van der Waals surface area contributed by atoms with Gasteiger partial charge in [0.2, 0.25) is 5.91 Å². The Morgan fingerprint density at radius 1 is 1.13 bits per heavy atom. The normalized spacial score (nSPS) is 29.1. The summed E-state index contributed by atoms with van der Waals surface area (Å²) < 4.78 is 0. The van der Waals surface area contributed by atoms with Crippen molar-refractivity contribution in [3.8, 4) is 6.07 Å². The summed E-state index contributed by atoms with van der Waals surface area (Å²) in [5, 5.41) is 9.43. The highest BCUT2D eigenvalue weighted by Gasteiger charge is 2.66. The predicted molar refractivity (Wildman–Crippen MR) is 117 cm³/mol. The van der Waals surface area contributed by atoms with Crippen molar-refractivity contribution >= 4 is 11.7 Å². The summed E-state index contributed by atoms with van der Waals surface area (Å²) in [5.74, 6) is 0.296. The molecule has 2 aromatic rings. The number of allylic oxidation sites excluding steroid dienone is 1. The number of Topliss-reactive ketones (excluding diaryl/α,β-unsaturated/α-hetero) is 1. The first kappa shape index (κ1) is 19.6. The third-order valence-corrected chi connectivity index (χ3v) is 7.32. The molecule has 2 aromatic carbocycles. The van der Waals surface area contributed by atoms with E-state index in [-0.39, 0.29) is 17.6 Å². The molecule has 0 aromatic heterocycles. The maximum atomic E-state index is 14.2. The van der Waals surface area contributed by atoms with Gasteiger partial charge in [0.05, 0.1) is 17.7 Å². The molecule has 31 heavy (non-hydrogen) atoms. The fourth-order valence-electron chi connectivity index (χ4n) is 5.79. The molecule has 3 fully saturated rings. The Bertz CT molecular complexity index is 1120. The number of carbonyl (C=O) groups is 2. The zero-order valence-electron chi connectivity index (χ0n) is 17.6. The molecule has 5 heteroatoms. The maximum absolute atomic E-state index is 14.2. The third-order valence-electron chi connectivity index (χ3n) is 7.32. The van der Waals surface area contributed by atoms with E-state index >= 15 is 0 Å². The molecule has 0 bridgehead atoms. The number of likely N-dealkylation sites (tertiary alicyclic amines) is 1. The minimum atomic E-state index is -1.28. The Hall–Kier alpha value is -3.39. The van der Waals surface area contributed by atoms with Crippen molar-refractivity contribution in [2.75, 3.05) is 19.6 Å². The molecule has 3 aliphatic heterocycles. The molecule has 0 saturated carbocycles. The first-order valence-electron chi connectivity index (χ1n) is 10.8. The van der Waals surface area contributed by atoms with Gasteiger partial charge in [-0.2, -0.15) is 5.26 Å². The zero-order valence-corrected chi connectivity index (χ0v) is 17.6. The van der Waals surface area contributed by atoms with Gasteiger partial charge in [0.15, 0.2) is 5.78 Å². The third kappa shape index (κ3) is 2.82. The zero-order chi connectivity index (χ0) is 21.8. The van der Waals surface area contributed by atoms with Crippen LogP contribution in [-0.4, -0.2) is 47.2 Å². The molecule has 3 saturated heterocycles. The van der Waals surface area contributed by atoms with E-state index in [0.29, 0.717) is 30.0 Å². The van der Waals surface area contributed by atoms with Crippen LogP contribution < -0.4 is 0 Å². The summed E-state index contributed by atoms with van der Waals surface area (Å²) in [4.78, 5) is 32.2. The average molecular weight is 412 g/mol. The second-order valence-electron chi connectivity index (χ2n) is 9.09. The molecule has 0 N–H and O–H groups in total. The number of carbonyl (C=O) groups excluding carboxylic acids is 2. The van der Waals surface area contributed by atoms with Crippen molar-refractivity contribution in [3.63, 3.8) is 0 Å². The molecule has 156 valence electrons. The van der Waals surface area contributed by atoms with Crippen LogP contribution >= 0.6 is 0 Å². The van der Waals surface area contributed by atoms with Gasteiger partial charge in [0, 0.05) is 37.2 Å². The smallest absolute Gasteiger partial charge is 0.241 e. The fraction of sp³-hybridized carbons (Fsp3) is 0.346. The highest BCUT2D eigenvalue weighted by atomic mass is 16.2. The quantitative estimate of drug-likeness (QED) is 0.726. The van der Waals surface area contributed by atoms with Crippen molar-refractivity contribution in [1.29, 1.82) is 5.26 Å². The van der Waals surface area contributed by atoms with E-state index in [4.69, 9.17) is 0 Å². The van der Waals surface area contributed by atoms with Crippen LogP contribution in [0, 0.1) is 23.2 Å². The lowest BCUT2D eigenvalue weighted by Crippen LogP contribution is -2.45. The first-order valence-corrected chi connectivity index (χ1v) is 10.8. The van der Waals surface area contributed by atoms with Gasteiger partial charge in [-0.25, -0.2) is 0 Å². The van der Waals surface area contributed by atoms with Crippen molar-refractivity contribution in [3.05, 3.63) is 83.6 Å². The number of fused-ring (bicyclic) bond motifs is 3. The Morgan fingerprint density at radius 3 is 2.61 bits per heavy atom. The summed E-state index contributed by atoms with van der Waals surface area (Å²) in [6, 6.07) is 18.5. The van der Waals surface area contributed by atoms with Crippen LogP contribution in [0.15, 0.2) is 66.9 Å². The lowest BCUT2D eigenvalue weighted by Gasteiger charge is -2.28. The fourth-order valence-corrected chi connectivity index (χ4v) is 5.79. The Labute approximate surface area is 182 Å². The second-order valence-corrected chi connectivity index (χ2v) is 9.09. The molecule has 1 amide bonds. The molecule has 0 radical (unpaired) electrons.